The van der Waals surface area contributed by atoms with Gasteiger partial charge in [0, 0.05) is 45.3 Å². The molecular formula is C30H39FN4O7. The van der Waals surface area contributed by atoms with Crippen LogP contribution in [0, 0.1) is 5.82 Å². The number of rotatable bonds is 5. The molecule has 2 aromatic carbocycles. The summed E-state index contributed by atoms with van der Waals surface area (Å²) in [5.74, 6) is -1.47. The zero-order valence-corrected chi connectivity index (χ0v) is 24.3. The molecule has 228 valence electrons. The van der Waals surface area contributed by atoms with Crippen molar-refractivity contribution in [2.24, 2.45) is 0 Å². The van der Waals surface area contributed by atoms with Gasteiger partial charge in [0.05, 0.1) is 20.1 Å². The molecule has 0 radical (unpaired) electrons. The summed E-state index contributed by atoms with van der Waals surface area (Å²) in [5, 5.41) is 8.30. The molecule has 4 rings (SSSR count). The molecular weight excluding hydrogens is 547 g/mol. The molecule has 2 aliphatic heterocycles. The minimum Gasteiger partial charge on any atom is -0.493 e. The third-order valence-corrected chi connectivity index (χ3v) is 6.76. The maximum Gasteiger partial charge on any atom is 0.251 e. The highest BCUT2D eigenvalue weighted by atomic mass is 19.1. The smallest absolute Gasteiger partial charge is 0.251 e. The van der Waals surface area contributed by atoms with Crippen LogP contribution in [0.15, 0.2) is 36.4 Å². The van der Waals surface area contributed by atoms with Crippen molar-refractivity contribution in [3.8, 4) is 17.2 Å². The summed E-state index contributed by atoms with van der Waals surface area (Å²) in [7, 11) is 2.95. The van der Waals surface area contributed by atoms with E-state index < -0.39 is 11.9 Å². The van der Waals surface area contributed by atoms with Crippen LogP contribution in [-0.4, -0.2) is 75.0 Å². The van der Waals surface area contributed by atoms with Gasteiger partial charge in [-0.05, 0) is 55.2 Å². The van der Waals surface area contributed by atoms with Crippen LogP contribution in [0.25, 0.3) is 0 Å². The first-order valence-corrected chi connectivity index (χ1v) is 14.0. The van der Waals surface area contributed by atoms with Crippen molar-refractivity contribution in [2.75, 3.05) is 40.5 Å². The fourth-order valence-electron chi connectivity index (χ4n) is 4.40. The topological polar surface area (TPSA) is 135 Å². The Morgan fingerprint density at radius 3 is 2.55 bits per heavy atom. The van der Waals surface area contributed by atoms with E-state index in [2.05, 4.69) is 16.0 Å². The standard InChI is InChI=1S/C30H39FN4O7/c1-4-23-30(39)33-19-20-8-10-24(22(31)17-20)42-26-18-21(9-11-25(26)41-3)29(38)32-13-6-15-35(28(37)12-16-40-2)14-5-7-27(36)34-23/h8-11,17-18,23H,4-7,12-16,19H2,1-3H3,(H,32,38)(H,33,39)(H,34,36)/t23-/m0/s1. The van der Waals surface area contributed by atoms with Gasteiger partial charge in [0.15, 0.2) is 23.1 Å². The summed E-state index contributed by atoms with van der Waals surface area (Å²) in [6.07, 6.45) is 1.57. The Balaban J connectivity index is 1.83. The van der Waals surface area contributed by atoms with Crippen molar-refractivity contribution in [1.29, 1.82) is 0 Å². The van der Waals surface area contributed by atoms with Gasteiger partial charge in [0.25, 0.3) is 5.91 Å². The van der Waals surface area contributed by atoms with Gasteiger partial charge < -0.3 is 35.1 Å². The van der Waals surface area contributed by atoms with E-state index in [-0.39, 0.29) is 66.7 Å². The highest BCUT2D eigenvalue weighted by molar-refractivity contribution is 5.95. The molecule has 1 atom stereocenters. The molecule has 0 aliphatic carbocycles. The number of nitrogens with one attached hydrogen (secondary N) is 3. The van der Waals surface area contributed by atoms with Crippen molar-refractivity contribution in [3.63, 3.8) is 0 Å². The average molecular weight is 587 g/mol. The number of amides is 4. The quantitative estimate of drug-likeness (QED) is 0.490. The number of nitrogens with zero attached hydrogens (tertiary/aromatic N) is 1. The first-order chi connectivity index (χ1) is 20.2. The lowest BCUT2D eigenvalue weighted by Crippen LogP contribution is -2.46. The largest absolute Gasteiger partial charge is 0.493 e. The van der Waals surface area contributed by atoms with Crippen molar-refractivity contribution >= 4 is 23.6 Å². The molecule has 4 bridgehead atoms. The Kier molecular flexibility index (Phi) is 12.5. The van der Waals surface area contributed by atoms with E-state index in [0.717, 1.165) is 0 Å². The Morgan fingerprint density at radius 2 is 1.83 bits per heavy atom. The van der Waals surface area contributed by atoms with Gasteiger partial charge in [-0.1, -0.05) is 13.0 Å². The number of carbonyl (C=O) groups excluding carboxylic acids is 4. The summed E-state index contributed by atoms with van der Waals surface area (Å²) in [5.41, 5.74) is 0.777. The number of carbonyl (C=O) groups is 4. The van der Waals surface area contributed by atoms with Crippen LogP contribution in [0.2, 0.25) is 0 Å². The molecule has 42 heavy (non-hydrogen) atoms. The number of hydrogen-bond acceptors (Lipinski definition) is 7. The van der Waals surface area contributed by atoms with Crippen LogP contribution in [-0.2, 0) is 25.7 Å². The SMILES string of the molecule is CC[C@@H]1NC(=O)CCCN(C(=O)CCOC)CCCNC(=O)c2ccc(OC)c(c2)Oc2ccc(cc2F)CNC1=O. The molecule has 11 nitrogen and oxygen atoms in total. The lowest BCUT2D eigenvalue weighted by atomic mass is 10.1. The van der Waals surface area contributed by atoms with E-state index in [4.69, 9.17) is 14.2 Å². The molecule has 0 aromatic heterocycles. The molecule has 0 unspecified atom stereocenters. The molecule has 0 spiro atoms. The maximum absolute atomic E-state index is 15.0. The Hall–Kier alpha value is -4.19. The van der Waals surface area contributed by atoms with E-state index in [1.807, 2.05) is 0 Å². The van der Waals surface area contributed by atoms with Gasteiger partial charge in [0.2, 0.25) is 17.7 Å². The fourth-order valence-corrected chi connectivity index (χ4v) is 4.40. The first-order valence-electron chi connectivity index (χ1n) is 14.0. The van der Waals surface area contributed by atoms with Crippen LogP contribution < -0.4 is 25.4 Å². The van der Waals surface area contributed by atoms with Crippen molar-refractivity contribution in [2.45, 2.75) is 51.6 Å². The predicted molar refractivity (Wildman–Crippen MR) is 153 cm³/mol. The van der Waals surface area contributed by atoms with Crippen molar-refractivity contribution in [3.05, 3.63) is 53.3 Å². The highest BCUT2D eigenvalue weighted by Crippen LogP contribution is 2.34. The summed E-state index contributed by atoms with van der Waals surface area (Å²) < 4.78 is 31.1. The lowest BCUT2D eigenvalue weighted by molar-refractivity contribution is -0.133. The molecule has 4 amide bonds. The minimum absolute atomic E-state index is 0.0416. The summed E-state index contributed by atoms with van der Waals surface area (Å²) in [6, 6.07) is 8.12. The highest BCUT2D eigenvalue weighted by Gasteiger charge is 2.20. The molecule has 0 saturated heterocycles. The monoisotopic (exact) mass is 586 g/mol. The van der Waals surface area contributed by atoms with E-state index in [1.54, 1.807) is 30.0 Å². The Bertz CT molecular complexity index is 1260. The van der Waals surface area contributed by atoms with E-state index in [0.29, 0.717) is 50.2 Å². The van der Waals surface area contributed by atoms with Gasteiger partial charge in [-0.15, -0.1) is 0 Å². The number of methoxy groups -OCH3 is 2. The first kappa shape index (κ1) is 32.3. The third-order valence-electron chi connectivity index (χ3n) is 6.76. The summed E-state index contributed by atoms with van der Waals surface area (Å²) >= 11 is 0. The number of benzene rings is 2. The van der Waals surface area contributed by atoms with Gasteiger partial charge in [0.1, 0.15) is 6.04 Å². The molecule has 0 saturated carbocycles. The molecule has 2 aliphatic rings. The van der Waals surface area contributed by atoms with Gasteiger partial charge in [-0.2, -0.15) is 0 Å². The normalized spacial score (nSPS) is 17.5. The van der Waals surface area contributed by atoms with Crippen LogP contribution in [0.3, 0.4) is 0 Å². The molecule has 3 N–H and O–H groups in total. The number of hydrogen-bond donors (Lipinski definition) is 3. The number of ether oxygens (including phenoxy) is 3. The van der Waals surface area contributed by atoms with Crippen LogP contribution >= 0.6 is 0 Å². The third kappa shape index (κ3) is 9.44. The van der Waals surface area contributed by atoms with Crippen molar-refractivity contribution in [1.82, 2.24) is 20.9 Å². The molecule has 12 heteroatoms. The van der Waals surface area contributed by atoms with Gasteiger partial charge in [-0.25, -0.2) is 4.39 Å². The zero-order chi connectivity index (χ0) is 30.5. The lowest BCUT2D eigenvalue weighted by Gasteiger charge is -2.23. The van der Waals surface area contributed by atoms with Crippen molar-refractivity contribution < 1.29 is 37.8 Å². The second-order valence-corrected chi connectivity index (χ2v) is 9.82. The van der Waals surface area contributed by atoms with Crippen LogP contribution in [0.4, 0.5) is 4.39 Å². The molecule has 2 heterocycles. The average Bonchev–Trinajstić information content (AvgIpc) is 2.99. The van der Waals surface area contributed by atoms with Gasteiger partial charge in [-0.3, -0.25) is 19.2 Å². The number of halogens is 1. The van der Waals surface area contributed by atoms with E-state index in [9.17, 15) is 23.6 Å². The van der Waals surface area contributed by atoms with Gasteiger partial charge >= 0.3 is 0 Å². The minimum atomic E-state index is -0.755. The van der Waals surface area contributed by atoms with E-state index >= 15 is 0 Å². The Labute approximate surface area is 245 Å². The maximum atomic E-state index is 15.0. The fraction of sp³-hybridized carbons (Fsp3) is 0.467. The summed E-state index contributed by atoms with van der Waals surface area (Å²) in [6.45, 7) is 3.10. The molecule has 2 aromatic rings. The van der Waals surface area contributed by atoms with Crippen LogP contribution in [0.5, 0.6) is 17.2 Å². The van der Waals surface area contributed by atoms with E-state index in [1.165, 1.54) is 32.4 Å². The zero-order valence-electron chi connectivity index (χ0n) is 24.3. The van der Waals surface area contributed by atoms with Crippen LogP contribution in [0.1, 0.15) is 54.9 Å². The number of fused-ring (bicyclic) bond motifs is 16. The Morgan fingerprint density at radius 1 is 1.05 bits per heavy atom. The predicted octanol–water partition coefficient (Wildman–Crippen LogP) is 2.92. The molecule has 0 fully saturated rings. The second-order valence-electron chi connectivity index (χ2n) is 9.82. The second kappa shape index (κ2) is 16.3. The summed E-state index contributed by atoms with van der Waals surface area (Å²) in [4.78, 5) is 52.6.